The zero-order valence-electron chi connectivity index (χ0n) is 10.5. The second-order valence-corrected chi connectivity index (χ2v) is 4.67. The van der Waals surface area contributed by atoms with Crippen LogP contribution in [-0.2, 0) is 6.42 Å². The molecule has 3 rings (SSSR count). The van der Waals surface area contributed by atoms with Crippen molar-refractivity contribution in [2.45, 2.75) is 12.8 Å². The Hall–Kier alpha value is -2.47. The van der Waals surface area contributed by atoms with Gasteiger partial charge in [0.2, 0.25) is 0 Å². The van der Waals surface area contributed by atoms with Gasteiger partial charge in [-0.3, -0.25) is 4.79 Å². The number of carbonyl (C=O) groups is 1. The van der Waals surface area contributed by atoms with Gasteiger partial charge in [0, 0.05) is 23.1 Å². The maximum absolute atomic E-state index is 13.0. The SMILES string of the molecule is O=C1CCc2cc(C#Cc3ccc(F)c(F)c3)ccc21. The van der Waals surface area contributed by atoms with Gasteiger partial charge in [0.25, 0.3) is 0 Å². The molecule has 0 fully saturated rings. The number of halogens is 2. The average molecular weight is 268 g/mol. The van der Waals surface area contributed by atoms with Crippen LogP contribution in [0.5, 0.6) is 0 Å². The fourth-order valence-electron chi connectivity index (χ4n) is 2.25. The second-order valence-electron chi connectivity index (χ2n) is 4.67. The third kappa shape index (κ3) is 2.33. The average Bonchev–Trinajstić information content (AvgIpc) is 2.81. The lowest BCUT2D eigenvalue weighted by atomic mass is 10.1. The van der Waals surface area contributed by atoms with Crippen LogP contribution >= 0.6 is 0 Å². The highest BCUT2D eigenvalue weighted by molar-refractivity contribution is 6.00. The van der Waals surface area contributed by atoms with Crippen LogP contribution in [0, 0.1) is 23.5 Å². The quantitative estimate of drug-likeness (QED) is 0.668. The van der Waals surface area contributed by atoms with Crippen molar-refractivity contribution in [1.29, 1.82) is 0 Å². The Kier molecular flexibility index (Phi) is 3.08. The summed E-state index contributed by atoms with van der Waals surface area (Å²) in [7, 11) is 0. The van der Waals surface area contributed by atoms with Gasteiger partial charge in [0.15, 0.2) is 17.4 Å². The minimum absolute atomic E-state index is 0.167. The van der Waals surface area contributed by atoms with Crippen LogP contribution in [0.4, 0.5) is 8.78 Å². The van der Waals surface area contributed by atoms with E-state index in [4.69, 9.17) is 0 Å². The maximum atomic E-state index is 13.0. The van der Waals surface area contributed by atoms with Crippen LogP contribution in [0.15, 0.2) is 36.4 Å². The predicted molar refractivity (Wildman–Crippen MR) is 71.4 cm³/mol. The van der Waals surface area contributed by atoms with Crippen LogP contribution in [0.3, 0.4) is 0 Å². The molecule has 1 aliphatic carbocycles. The normalized spacial score (nSPS) is 12.8. The van der Waals surface area contributed by atoms with Gasteiger partial charge in [-0.1, -0.05) is 11.8 Å². The number of carbonyl (C=O) groups excluding carboxylic acids is 1. The van der Waals surface area contributed by atoms with E-state index in [1.807, 2.05) is 6.07 Å². The summed E-state index contributed by atoms with van der Waals surface area (Å²) >= 11 is 0. The first-order chi connectivity index (χ1) is 9.63. The van der Waals surface area contributed by atoms with Gasteiger partial charge in [-0.15, -0.1) is 0 Å². The molecule has 0 heterocycles. The van der Waals surface area contributed by atoms with Gasteiger partial charge in [-0.05, 0) is 48.4 Å². The van der Waals surface area contributed by atoms with Gasteiger partial charge in [-0.25, -0.2) is 8.78 Å². The molecule has 0 N–H and O–H groups in total. The van der Waals surface area contributed by atoms with Crippen molar-refractivity contribution in [1.82, 2.24) is 0 Å². The molecule has 0 unspecified atom stereocenters. The van der Waals surface area contributed by atoms with Crippen molar-refractivity contribution >= 4 is 5.78 Å². The fourth-order valence-corrected chi connectivity index (χ4v) is 2.25. The minimum Gasteiger partial charge on any atom is -0.294 e. The molecule has 0 saturated carbocycles. The molecular weight excluding hydrogens is 258 g/mol. The Morgan fingerprint density at radius 2 is 1.55 bits per heavy atom. The summed E-state index contributed by atoms with van der Waals surface area (Å²) in [5.74, 6) is 4.07. The predicted octanol–water partition coefficient (Wildman–Crippen LogP) is 3.49. The van der Waals surface area contributed by atoms with E-state index in [2.05, 4.69) is 11.8 Å². The Morgan fingerprint density at radius 1 is 0.850 bits per heavy atom. The molecule has 20 heavy (non-hydrogen) atoms. The Morgan fingerprint density at radius 3 is 2.30 bits per heavy atom. The first kappa shape index (κ1) is 12.6. The first-order valence-electron chi connectivity index (χ1n) is 6.27. The summed E-state index contributed by atoms with van der Waals surface area (Å²) in [5.41, 5.74) is 2.96. The molecule has 0 aromatic heterocycles. The minimum atomic E-state index is -0.906. The number of hydrogen-bond donors (Lipinski definition) is 0. The standard InChI is InChI=1S/C17H10F2O/c18-15-7-4-12(10-16(15)19)2-1-11-3-6-14-13(9-11)5-8-17(14)20/h3-4,6-7,9-10H,5,8H2. The Labute approximate surface area is 115 Å². The number of ketones is 1. The highest BCUT2D eigenvalue weighted by Crippen LogP contribution is 2.22. The molecular formula is C17H10F2O. The van der Waals surface area contributed by atoms with E-state index in [0.29, 0.717) is 12.0 Å². The van der Waals surface area contributed by atoms with Gasteiger partial charge in [0.1, 0.15) is 0 Å². The summed E-state index contributed by atoms with van der Waals surface area (Å²) in [4.78, 5) is 11.5. The van der Waals surface area contributed by atoms with E-state index in [1.54, 1.807) is 12.1 Å². The third-order valence-corrected chi connectivity index (χ3v) is 3.30. The van der Waals surface area contributed by atoms with Crippen molar-refractivity contribution in [3.63, 3.8) is 0 Å². The molecule has 98 valence electrons. The largest absolute Gasteiger partial charge is 0.294 e. The summed E-state index contributed by atoms with van der Waals surface area (Å²) in [6, 6.07) is 8.99. The van der Waals surface area contributed by atoms with Crippen molar-refractivity contribution in [3.05, 3.63) is 70.3 Å². The first-order valence-corrected chi connectivity index (χ1v) is 6.27. The molecule has 2 aromatic rings. The van der Waals surface area contributed by atoms with E-state index in [-0.39, 0.29) is 5.78 Å². The van der Waals surface area contributed by atoms with E-state index >= 15 is 0 Å². The lowest BCUT2D eigenvalue weighted by molar-refractivity contribution is 0.0994. The topological polar surface area (TPSA) is 17.1 Å². The molecule has 0 bridgehead atoms. The lowest BCUT2D eigenvalue weighted by Gasteiger charge is -1.98. The summed E-state index contributed by atoms with van der Waals surface area (Å²) in [5, 5.41) is 0. The van der Waals surface area contributed by atoms with Crippen LogP contribution in [0.1, 0.15) is 33.5 Å². The van der Waals surface area contributed by atoms with Gasteiger partial charge < -0.3 is 0 Å². The van der Waals surface area contributed by atoms with E-state index in [0.717, 1.165) is 35.2 Å². The molecule has 3 heteroatoms. The number of Topliss-reactive ketones (excluding diaryl/α,β-unsaturated/α-hetero) is 1. The fraction of sp³-hybridized carbons (Fsp3) is 0.118. The monoisotopic (exact) mass is 268 g/mol. The number of aryl methyl sites for hydroxylation is 1. The molecule has 2 aromatic carbocycles. The summed E-state index contributed by atoms with van der Waals surface area (Å²) < 4.78 is 25.8. The zero-order valence-corrected chi connectivity index (χ0v) is 10.5. The zero-order chi connectivity index (χ0) is 14.1. The Balaban J connectivity index is 1.91. The molecule has 0 saturated heterocycles. The smallest absolute Gasteiger partial charge is 0.163 e. The third-order valence-electron chi connectivity index (χ3n) is 3.30. The molecule has 0 atom stereocenters. The molecule has 0 radical (unpaired) electrons. The van der Waals surface area contributed by atoms with Gasteiger partial charge in [-0.2, -0.15) is 0 Å². The van der Waals surface area contributed by atoms with Gasteiger partial charge in [0.05, 0.1) is 0 Å². The number of fused-ring (bicyclic) bond motifs is 1. The van der Waals surface area contributed by atoms with Crippen LogP contribution in [0.2, 0.25) is 0 Å². The number of rotatable bonds is 0. The lowest BCUT2D eigenvalue weighted by Crippen LogP contribution is -1.90. The van der Waals surface area contributed by atoms with E-state index in [1.165, 1.54) is 6.07 Å². The second kappa shape index (κ2) is 4.90. The van der Waals surface area contributed by atoms with Crippen molar-refractivity contribution in [3.8, 4) is 11.8 Å². The van der Waals surface area contributed by atoms with Crippen molar-refractivity contribution in [2.75, 3.05) is 0 Å². The molecule has 1 aliphatic rings. The van der Waals surface area contributed by atoms with Crippen molar-refractivity contribution < 1.29 is 13.6 Å². The van der Waals surface area contributed by atoms with Crippen LogP contribution < -0.4 is 0 Å². The molecule has 0 amide bonds. The summed E-state index contributed by atoms with van der Waals surface area (Å²) in [6.45, 7) is 0. The molecule has 1 nitrogen and oxygen atoms in total. The highest BCUT2D eigenvalue weighted by Gasteiger charge is 2.18. The van der Waals surface area contributed by atoms with Gasteiger partial charge >= 0.3 is 0 Å². The van der Waals surface area contributed by atoms with Crippen LogP contribution in [-0.4, -0.2) is 5.78 Å². The number of hydrogen-bond acceptors (Lipinski definition) is 1. The summed E-state index contributed by atoms with van der Waals surface area (Å²) in [6.07, 6.45) is 1.30. The van der Waals surface area contributed by atoms with Crippen LogP contribution in [0.25, 0.3) is 0 Å². The number of benzene rings is 2. The van der Waals surface area contributed by atoms with Crippen molar-refractivity contribution in [2.24, 2.45) is 0 Å². The van der Waals surface area contributed by atoms with E-state index in [9.17, 15) is 13.6 Å². The maximum Gasteiger partial charge on any atom is 0.163 e. The Bertz CT molecular complexity index is 766. The highest BCUT2D eigenvalue weighted by atomic mass is 19.2. The molecule has 0 spiro atoms. The molecule has 0 aliphatic heterocycles. The van der Waals surface area contributed by atoms with E-state index < -0.39 is 11.6 Å².